The summed E-state index contributed by atoms with van der Waals surface area (Å²) >= 11 is 1.61. The van der Waals surface area contributed by atoms with E-state index in [4.69, 9.17) is 19.2 Å². The highest BCUT2D eigenvalue weighted by Gasteiger charge is 2.13. The summed E-state index contributed by atoms with van der Waals surface area (Å²) in [5.41, 5.74) is 3.86. The molecule has 0 bridgehead atoms. The van der Waals surface area contributed by atoms with Crippen LogP contribution in [0, 0.1) is 0 Å². The summed E-state index contributed by atoms with van der Waals surface area (Å²) in [6.07, 6.45) is 0. The molecule has 2 N–H and O–H groups in total. The van der Waals surface area contributed by atoms with Gasteiger partial charge in [-0.25, -0.2) is 4.98 Å². The van der Waals surface area contributed by atoms with Crippen LogP contribution in [0.4, 0.5) is 28.8 Å². The highest BCUT2D eigenvalue weighted by Crippen LogP contribution is 2.33. The number of morpholine rings is 1. The van der Waals surface area contributed by atoms with Crippen molar-refractivity contribution in [2.45, 2.75) is 0 Å². The fourth-order valence-electron chi connectivity index (χ4n) is 3.76. The van der Waals surface area contributed by atoms with Crippen LogP contribution < -0.4 is 25.0 Å². The minimum absolute atomic E-state index is 0.501. The van der Waals surface area contributed by atoms with Gasteiger partial charge in [-0.1, -0.05) is 0 Å². The van der Waals surface area contributed by atoms with E-state index >= 15 is 0 Å². The van der Waals surface area contributed by atoms with Crippen molar-refractivity contribution >= 4 is 50.4 Å². The van der Waals surface area contributed by atoms with Crippen molar-refractivity contribution in [1.29, 1.82) is 0 Å². The lowest BCUT2D eigenvalue weighted by Gasteiger charge is -2.28. The molecule has 170 valence electrons. The second-order valence-electron chi connectivity index (χ2n) is 7.50. The molecule has 0 unspecified atom stereocenters. The zero-order valence-corrected chi connectivity index (χ0v) is 19.3. The summed E-state index contributed by atoms with van der Waals surface area (Å²) in [6.45, 7) is 3.37. The number of thiophene rings is 1. The molecule has 33 heavy (non-hydrogen) atoms. The van der Waals surface area contributed by atoms with Crippen molar-refractivity contribution in [3.05, 3.63) is 53.9 Å². The van der Waals surface area contributed by atoms with Gasteiger partial charge in [0.1, 0.15) is 0 Å². The Labute approximate surface area is 196 Å². The lowest BCUT2D eigenvalue weighted by Crippen LogP contribution is -2.36. The second kappa shape index (κ2) is 9.51. The first-order chi connectivity index (χ1) is 16.2. The van der Waals surface area contributed by atoms with Crippen LogP contribution in [0.1, 0.15) is 0 Å². The van der Waals surface area contributed by atoms with Gasteiger partial charge in [0.2, 0.25) is 5.95 Å². The summed E-state index contributed by atoms with van der Waals surface area (Å²) in [7, 11) is 3.23. The highest BCUT2D eigenvalue weighted by molar-refractivity contribution is 7.17. The number of nitrogens with one attached hydrogen (secondary N) is 2. The summed E-state index contributed by atoms with van der Waals surface area (Å²) in [5.74, 6) is 2.57. The van der Waals surface area contributed by atoms with E-state index in [9.17, 15) is 0 Å². The molecule has 1 saturated heterocycles. The molecule has 2 aromatic heterocycles. The first kappa shape index (κ1) is 21.3. The molecule has 1 aliphatic heterocycles. The maximum Gasteiger partial charge on any atom is 0.229 e. The van der Waals surface area contributed by atoms with Gasteiger partial charge in [0, 0.05) is 36.2 Å². The Bertz CT molecular complexity index is 1240. The molecule has 0 spiro atoms. The molecular formula is C24H25N5O3S. The third-order valence-electron chi connectivity index (χ3n) is 5.45. The van der Waals surface area contributed by atoms with E-state index in [0.717, 1.165) is 53.7 Å². The predicted molar refractivity (Wildman–Crippen MR) is 133 cm³/mol. The van der Waals surface area contributed by atoms with Gasteiger partial charge in [-0.15, -0.1) is 11.3 Å². The molecular weight excluding hydrogens is 438 g/mol. The summed E-state index contributed by atoms with van der Waals surface area (Å²) in [4.78, 5) is 11.7. The maximum atomic E-state index is 5.45. The topological polar surface area (TPSA) is 80.8 Å². The van der Waals surface area contributed by atoms with Crippen LogP contribution in [0.2, 0.25) is 0 Å². The molecule has 0 amide bonds. The van der Waals surface area contributed by atoms with Crippen LogP contribution in [-0.4, -0.2) is 50.5 Å². The van der Waals surface area contributed by atoms with Crippen molar-refractivity contribution in [2.24, 2.45) is 0 Å². The third-order valence-corrected chi connectivity index (χ3v) is 6.36. The molecule has 2 aromatic carbocycles. The molecule has 0 saturated carbocycles. The van der Waals surface area contributed by atoms with E-state index in [2.05, 4.69) is 44.8 Å². The number of benzene rings is 2. The van der Waals surface area contributed by atoms with Gasteiger partial charge in [0.25, 0.3) is 0 Å². The normalized spacial score (nSPS) is 13.7. The minimum atomic E-state index is 0.501. The van der Waals surface area contributed by atoms with E-state index < -0.39 is 0 Å². The fourth-order valence-corrected chi connectivity index (χ4v) is 4.54. The van der Waals surface area contributed by atoms with Gasteiger partial charge in [0.15, 0.2) is 17.3 Å². The van der Waals surface area contributed by atoms with Crippen molar-refractivity contribution in [2.75, 3.05) is 56.1 Å². The molecule has 0 aliphatic carbocycles. The van der Waals surface area contributed by atoms with E-state index in [0.29, 0.717) is 17.4 Å². The lowest BCUT2D eigenvalue weighted by molar-refractivity contribution is 0.122. The average Bonchev–Trinajstić information content (AvgIpc) is 3.34. The van der Waals surface area contributed by atoms with Gasteiger partial charge >= 0.3 is 0 Å². The minimum Gasteiger partial charge on any atom is -0.493 e. The van der Waals surface area contributed by atoms with Crippen LogP contribution in [0.3, 0.4) is 0 Å². The molecule has 8 nitrogen and oxygen atoms in total. The van der Waals surface area contributed by atoms with Gasteiger partial charge in [0.05, 0.1) is 37.6 Å². The smallest absolute Gasteiger partial charge is 0.229 e. The third kappa shape index (κ3) is 4.64. The van der Waals surface area contributed by atoms with Crippen LogP contribution in [0.5, 0.6) is 11.5 Å². The number of ether oxygens (including phenoxy) is 3. The number of nitrogens with zero attached hydrogens (tertiary/aromatic N) is 3. The SMILES string of the molecule is COc1ccc(Nc2nc(Nc3ccc(N4CCOCC4)cc3)c3sccc3n2)cc1OC. The van der Waals surface area contributed by atoms with Crippen molar-refractivity contribution in [3.63, 3.8) is 0 Å². The van der Waals surface area contributed by atoms with Crippen LogP contribution >= 0.6 is 11.3 Å². The standard InChI is InChI=1S/C24H25N5O3S/c1-30-20-8-5-17(15-21(20)31-2)26-24-27-19-9-14-33-22(19)23(28-24)25-16-3-6-18(7-4-16)29-10-12-32-13-11-29/h3-9,14-15H,10-13H2,1-2H3,(H2,25,26,27,28). The maximum absolute atomic E-state index is 5.45. The molecule has 9 heteroatoms. The second-order valence-corrected chi connectivity index (χ2v) is 8.41. The lowest BCUT2D eigenvalue weighted by atomic mass is 10.2. The Kier molecular flexibility index (Phi) is 6.14. The van der Waals surface area contributed by atoms with Crippen LogP contribution in [-0.2, 0) is 4.74 Å². The Morgan fingerprint density at radius 2 is 1.64 bits per heavy atom. The van der Waals surface area contributed by atoms with Crippen molar-refractivity contribution in [3.8, 4) is 11.5 Å². The summed E-state index contributed by atoms with van der Waals surface area (Å²) in [5, 5.41) is 8.76. The fraction of sp³-hybridized carbons (Fsp3) is 0.250. The number of fused-ring (bicyclic) bond motifs is 1. The number of methoxy groups -OCH3 is 2. The van der Waals surface area contributed by atoms with Gasteiger partial charge in [-0.05, 0) is 47.8 Å². The summed E-state index contributed by atoms with van der Waals surface area (Å²) < 4.78 is 17.2. The van der Waals surface area contributed by atoms with Crippen LogP contribution in [0.25, 0.3) is 10.2 Å². The molecule has 3 heterocycles. The predicted octanol–water partition coefficient (Wildman–Crippen LogP) is 5.03. The number of hydrogen-bond donors (Lipinski definition) is 2. The number of hydrogen-bond acceptors (Lipinski definition) is 9. The first-order valence-electron chi connectivity index (χ1n) is 10.7. The Morgan fingerprint density at radius 3 is 2.39 bits per heavy atom. The highest BCUT2D eigenvalue weighted by atomic mass is 32.1. The largest absolute Gasteiger partial charge is 0.493 e. The number of anilines is 5. The zero-order chi connectivity index (χ0) is 22.6. The zero-order valence-electron chi connectivity index (χ0n) is 18.5. The van der Waals surface area contributed by atoms with E-state index in [1.807, 2.05) is 29.6 Å². The number of aromatic nitrogens is 2. The van der Waals surface area contributed by atoms with Crippen LogP contribution in [0.15, 0.2) is 53.9 Å². The van der Waals surface area contributed by atoms with Gasteiger partial charge in [-0.3, -0.25) is 0 Å². The van der Waals surface area contributed by atoms with Gasteiger partial charge in [-0.2, -0.15) is 4.98 Å². The Hall–Kier alpha value is -3.56. The molecule has 1 aliphatic rings. The summed E-state index contributed by atoms with van der Waals surface area (Å²) in [6, 6.07) is 16.0. The molecule has 5 rings (SSSR count). The monoisotopic (exact) mass is 463 g/mol. The average molecular weight is 464 g/mol. The molecule has 0 atom stereocenters. The molecule has 1 fully saturated rings. The van der Waals surface area contributed by atoms with E-state index in [-0.39, 0.29) is 0 Å². The van der Waals surface area contributed by atoms with Gasteiger partial charge < -0.3 is 29.7 Å². The van der Waals surface area contributed by atoms with E-state index in [1.54, 1.807) is 25.6 Å². The molecule has 0 radical (unpaired) electrons. The quantitative estimate of drug-likeness (QED) is 0.395. The molecule has 4 aromatic rings. The van der Waals surface area contributed by atoms with Crippen molar-refractivity contribution < 1.29 is 14.2 Å². The van der Waals surface area contributed by atoms with E-state index in [1.165, 1.54) is 5.69 Å². The van der Waals surface area contributed by atoms with Crippen molar-refractivity contribution in [1.82, 2.24) is 9.97 Å². The Morgan fingerprint density at radius 1 is 0.879 bits per heavy atom. The number of rotatable bonds is 7. The first-order valence-corrected chi connectivity index (χ1v) is 11.6. The Balaban J connectivity index is 1.39.